The standard InChI is InChI=1S/C8H6O4.C4H10O/c9-7(10)5-1-2-6(4-3-5)8(11)12;1-3-5-4-2/h1-4H,(H,9,10)(H,11,12);3-4H2,1-2H3. The van der Waals surface area contributed by atoms with Crippen molar-refractivity contribution in [2.75, 3.05) is 13.2 Å². The van der Waals surface area contributed by atoms with Crippen molar-refractivity contribution >= 4 is 11.9 Å². The van der Waals surface area contributed by atoms with Gasteiger partial charge >= 0.3 is 11.9 Å². The van der Waals surface area contributed by atoms with E-state index in [2.05, 4.69) is 0 Å². The van der Waals surface area contributed by atoms with E-state index < -0.39 is 11.9 Å². The largest absolute Gasteiger partial charge is 0.478 e. The van der Waals surface area contributed by atoms with Crippen LogP contribution >= 0.6 is 0 Å². The van der Waals surface area contributed by atoms with Gasteiger partial charge < -0.3 is 14.9 Å². The number of hydrogen-bond donors (Lipinski definition) is 2. The summed E-state index contributed by atoms with van der Waals surface area (Å²) >= 11 is 0. The maximum absolute atomic E-state index is 10.3. The Morgan fingerprint density at radius 3 is 1.35 bits per heavy atom. The van der Waals surface area contributed by atoms with Crippen molar-refractivity contribution in [2.24, 2.45) is 0 Å². The molecule has 0 amide bonds. The van der Waals surface area contributed by atoms with Crippen molar-refractivity contribution in [3.63, 3.8) is 0 Å². The zero-order valence-corrected chi connectivity index (χ0v) is 9.84. The fraction of sp³-hybridized carbons (Fsp3) is 0.333. The van der Waals surface area contributed by atoms with E-state index in [1.807, 2.05) is 13.8 Å². The Hall–Kier alpha value is -1.88. The Morgan fingerprint density at radius 2 is 1.24 bits per heavy atom. The van der Waals surface area contributed by atoms with Crippen LogP contribution in [0.5, 0.6) is 0 Å². The minimum atomic E-state index is -1.06. The molecule has 0 atom stereocenters. The highest BCUT2D eigenvalue weighted by molar-refractivity contribution is 5.91. The second kappa shape index (κ2) is 8.29. The van der Waals surface area contributed by atoms with Crippen molar-refractivity contribution in [3.05, 3.63) is 35.4 Å². The molecule has 17 heavy (non-hydrogen) atoms. The fourth-order valence-electron chi connectivity index (χ4n) is 0.960. The van der Waals surface area contributed by atoms with E-state index in [9.17, 15) is 9.59 Å². The van der Waals surface area contributed by atoms with Crippen LogP contribution in [0.1, 0.15) is 34.6 Å². The van der Waals surface area contributed by atoms with Crippen LogP contribution in [0.25, 0.3) is 0 Å². The highest BCUT2D eigenvalue weighted by Crippen LogP contribution is 2.03. The van der Waals surface area contributed by atoms with E-state index in [1.165, 1.54) is 24.3 Å². The molecule has 5 nitrogen and oxygen atoms in total. The number of hydrogen-bond acceptors (Lipinski definition) is 3. The van der Waals surface area contributed by atoms with Crippen LogP contribution in [0.15, 0.2) is 24.3 Å². The quantitative estimate of drug-likeness (QED) is 0.842. The summed E-state index contributed by atoms with van der Waals surface area (Å²) in [6.07, 6.45) is 0. The predicted octanol–water partition coefficient (Wildman–Crippen LogP) is 2.13. The lowest BCUT2D eigenvalue weighted by molar-refractivity contribution is 0.0681. The minimum Gasteiger partial charge on any atom is -0.478 e. The molecular formula is C12H16O5. The lowest BCUT2D eigenvalue weighted by Gasteiger charge is -1.94. The van der Waals surface area contributed by atoms with Crippen LogP contribution in [0.3, 0.4) is 0 Å². The molecule has 1 aromatic carbocycles. The van der Waals surface area contributed by atoms with Gasteiger partial charge in [-0.2, -0.15) is 0 Å². The SMILES string of the molecule is CCOCC.O=C(O)c1ccc(C(=O)O)cc1. The second-order valence-electron chi connectivity index (χ2n) is 2.97. The molecule has 0 fully saturated rings. The zero-order chi connectivity index (χ0) is 13.3. The zero-order valence-electron chi connectivity index (χ0n) is 9.84. The smallest absolute Gasteiger partial charge is 0.335 e. The molecule has 0 radical (unpaired) electrons. The van der Waals surface area contributed by atoms with Crippen LogP contribution in [0, 0.1) is 0 Å². The first-order valence-electron chi connectivity index (χ1n) is 5.17. The maximum atomic E-state index is 10.3. The van der Waals surface area contributed by atoms with Gasteiger partial charge in [-0.05, 0) is 38.1 Å². The summed E-state index contributed by atoms with van der Waals surface area (Å²) in [6, 6.07) is 5.02. The number of ether oxygens (including phenoxy) is 1. The van der Waals surface area contributed by atoms with Gasteiger partial charge in [0.1, 0.15) is 0 Å². The first-order chi connectivity index (χ1) is 8.02. The molecular weight excluding hydrogens is 224 g/mol. The lowest BCUT2D eigenvalue weighted by atomic mass is 10.1. The van der Waals surface area contributed by atoms with E-state index in [4.69, 9.17) is 14.9 Å². The van der Waals surface area contributed by atoms with Gasteiger partial charge in [-0.15, -0.1) is 0 Å². The van der Waals surface area contributed by atoms with Crippen molar-refractivity contribution in [2.45, 2.75) is 13.8 Å². The van der Waals surface area contributed by atoms with E-state index >= 15 is 0 Å². The maximum Gasteiger partial charge on any atom is 0.335 e. The monoisotopic (exact) mass is 240 g/mol. The van der Waals surface area contributed by atoms with Crippen LogP contribution in [0.4, 0.5) is 0 Å². The molecule has 0 unspecified atom stereocenters. The molecule has 0 saturated heterocycles. The Labute approximate surface area is 99.7 Å². The number of carboxylic acid groups (broad SMARTS) is 2. The van der Waals surface area contributed by atoms with Crippen LogP contribution in [-0.4, -0.2) is 35.4 Å². The molecule has 0 aliphatic carbocycles. The number of carbonyl (C=O) groups is 2. The summed E-state index contributed by atoms with van der Waals surface area (Å²) in [5, 5.41) is 16.9. The summed E-state index contributed by atoms with van der Waals surface area (Å²) in [5.74, 6) is -2.13. The van der Waals surface area contributed by atoms with Crippen LogP contribution < -0.4 is 0 Å². The molecule has 1 rings (SSSR count). The third-order valence-electron chi connectivity index (χ3n) is 1.79. The summed E-state index contributed by atoms with van der Waals surface area (Å²) in [5.41, 5.74) is 0.167. The number of aromatic carboxylic acids is 2. The highest BCUT2D eigenvalue weighted by atomic mass is 16.5. The lowest BCUT2D eigenvalue weighted by Crippen LogP contribution is -1.99. The number of rotatable bonds is 4. The average Bonchev–Trinajstić information content (AvgIpc) is 2.31. The molecule has 0 spiro atoms. The second-order valence-corrected chi connectivity index (χ2v) is 2.97. The van der Waals surface area contributed by atoms with Gasteiger partial charge in [-0.1, -0.05) is 0 Å². The highest BCUT2D eigenvalue weighted by Gasteiger charge is 2.04. The Morgan fingerprint density at radius 1 is 0.941 bits per heavy atom. The molecule has 0 bridgehead atoms. The number of benzene rings is 1. The predicted molar refractivity (Wildman–Crippen MR) is 62.5 cm³/mol. The third kappa shape index (κ3) is 6.32. The fourth-order valence-corrected chi connectivity index (χ4v) is 0.960. The molecule has 0 saturated carbocycles. The van der Waals surface area contributed by atoms with Crippen molar-refractivity contribution < 1.29 is 24.5 Å². The molecule has 94 valence electrons. The summed E-state index contributed by atoms with van der Waals surface area (Å²) < 4.78 is 4.83. The normalized spacial score (nSPS) is 9.06. The summed E-state index contributed by atoms with van der Waals surface area (Å²) in [4.78, 5) is 20.7. The Balaban J connectivity index is 0.000000437. The van der Waals surface area contributed by atoms with Crippen molar-refractivity contribution in [1.29, 1.82) is 0 Å². The van der Waals surface area contributed by atoms with Gasteiger partial charge in [0.25, 0.3) is 0 Å². The Kier molecular flexibility index (Phi) is 7.38. The molecule has 2 N–H and O–H groups in total. The summed E-state index contributed by atoms with van der Waals surface area (Å²) in [7, 11) is 0. The van der Waals surface area contributed by atoms with Gasteiger partial charge in [-0.25, -0.2) is 9.59 Å². The molecule has 0 aromatic heterocycles. The molecule has 0 aliphatic rings. The van der Waals surface area contributed by atoms with Crippen LogP contribution in [0.2, 0.25) is 0 Å². The van der Waals surface area contributed by atoms with Gasteiger partial charge in [0, 0.05) is 13.2 Å². The van der Waals surface area contributed by atoms with Gasteiger partial charge in [-0.3, -0.25) is 0 Å². The molecule has 5 heteroatoms. The Bertz CT molecular complexity index is 321. The summed E-state index contributed by atoms with van der Waals surface area (Å²) in [6.45, 7) is 5.67. The minimum absolute atomic E-state index is 0.0833. The number of carboxylic acids is 2. The topological polar surface area (TPSA) is 83.8 Å². The van der Waals surface area contributed by atoms with E-state index in [0.717, 1.165) is 13.2 Å². The first kappa shape index (κ1) is 15.1. The average molecular weight is 240 g/mol. The van der Waals surface area contributed by atoms with Crippen LogP contribution in [-0.2, 0) is 4.74 Å². The van der Waals surface area contributed by atoms with Crippen molar-refractivity contribution in [3.8, 4) is 0 Å². The van der Waals surface area contributed by atoms with E-state index in [0.29, 0.717) is 0 Å². The third-order valence-corrected chi connectivity index (χ3v) is 1.79. The van der Waals surface area contributed by atoms with Gasteiger partial charge in [0.15, 0.2) is 0 Å². The van der Waals surface area contributed by atoms with E-state index in [1.54, 1.807) is 0 Å². The molecule has 0 aliphatic heterocycles. The molecule has 1 aromatic rings. The molecule has 0 heterocycles. The first-order valence-corrected chi connectivity index (χ1v) is 5.17. The van der Waals surface area contributed by atoms with Gasteiger partial charge in [0.2, 0.25) is 0 Å². The van der Waals surface area contributed by atoms with Gasteiger partial charge in [0.05, 0.1) is 11.1 Å². The van der Waals surface area contributed by atoms with E-state index in [-0.39, 0.29) is 11.1 Å². The van der Waals surface area contributed by atoms with Crippen molar-refractivity contribution in [1.82, 2.24) is 0 Å².